The third kappa shape index (κ3) is 4.24. The van der Waals surface area contributed by atoms with Gasteiger partial charge in [0, 0.05) is 12.0 Å². The SMILES string of the molecule is CC1(C)[C@@H]2C[C@H]3OB([C@H]4C[C@H](n5cc(I)c(=O)[nH]c5=O)O[C@@H]4CO[Si](C)(C)C(C)(C)C)O[C@@]3(C)[C@H]1C2. The first-order valence-electron chi connectivity index (χ1n) is 13.2. The zero-order valence-corrected chi connectivity index (χ0v) is 25.9. The quantitative estimate of drug-likeness (QED) is 0.380. The van der Waals surface area contributed by atoms with Crippen LogP contribution in [0.2, 0.25) is 23.9 Å². The summed E-state index contributed by atoms with van der Waals surface area (Å²) in [6, 6.07) is 0. The lowest BCUT2D eigenvalue weighted by Crippen LogP contribution is -2.65. The van der Waals surface area contributed by atoms with Crippen molar-refractivity contribution in [1.82, 2.24) is 9.55 Å². The van der Waals surface area contributed by atoms with Gasteiger partial charge in [0.15, 0.2) is 8.32 Å². The fourth-order valence-electron chi connectivity index (χ4n) is 6.64. The van der Waals surface area contributed by atoms with Gasteiger partial charge in [-0.1, -0.05) is 34.6 Å². The molecule has 0 aromatic carbocycles. The van der Waals surface area contributed by atoms with E-state index in [0.717, 1.165) is 6.42 Å². The Labute approximate surface area is 228 Å². The summed E-state index contributed by atoms with van der Waals surface area (Å²) in [5.41, 5.74) is -0.893. The molecule has 2 bridgehead atoms. The summed E-state index contributed by atoms with van der Waals surface area (Å²) in [5.74, 6) is 1.07. The van der Waals surface area contributed by atoms with Gasteiger partial charge in [0.05, 0.1) is 28.0 Å². The molecule has 1 aromatic heterocycles. The first-order valence-corrected chi connectivity index (χ1v) is 17.2. The Hall–Kier alpha value is -0.468. The lowest BCUT2D eigenvalue weighted by atomic mass is 9.43. The molecule has 0 spiro atoms. The third-order valence-corrected chi connectivity index (χ3v) is 15.5. The maximum atomic E-state index is 12.7. The molecule has 0 amide bonds. The van der Waals surface area contributed by atoms with E-state index in [9.17, 15) is 9.59 Å². The summed E-state index contributed by atoms with van der Waals surface area (Å²) in [6.45, 7) is 18.5. The van der Waals surface area contributed by atoms with Gasteiger partial charge in [-0.25, -0.2) is 4.79 Å². The molecule has 5 fully saturated rings. The van der Waals surface area contributed by atoms with Crippen LogP contribution in [-0.2, 0) is 18.5 Å². The van der Waals surface area contributed by atoms with Crippen LogP contribution in [0.3, 0.4) is 0 Å². The van der Waals surface area contributed by atoms with E-state index in [1.165, 1.54) is 11.0 Å². The summed E-state index contributed by atoms with van der Waals surface area (Å²) in [4.78, 5) is 27.0. The third-order valence-electron chi connectivity index (χ3n) is 10.3. The van der Waals surface area contributed by atoms with Crippen LogP contribution in [0.4, 0.5) is 0 Å². The molecule has 11 heteroatoms. The summed E-state index contributed by atoms with van der Waals surface area (Å²) in [6.07, 6.45) is 3.63. The van der Waals surface area contributed by atoms with Crippen molar-refractivity contribution < 1.29 is 18.5 Å². The smallest absolute Gasteiger partial charge is 0.414 e. The number of aromatic nitrogens is 2. The fraction of sp³-hybridized carbons (Fsp3) is 0.840. The van der Waals surface area contributed by atoms with E-state index in [1.807, 2.05) is 22.6 Å². The molecular formula is C25H40BIN2O6Si. The Morgan fingerprint density at radius 1 is 1.22 bits per heavy atom. The van der Waals surface area contributed by atoms with Crippen molar-refractivity contribution >= 4 is 38.0 Å². The molecular weight excluding hydrogens is 590 g/mol. The summed E-state index contributed by atoms with van der Waals surface area (Å²) in [5, 5.41) is 0.0712. The number of ether oxygens (including phenoxy) is 1. The molecule has 0 radical (unpaired) electrons. The Kier molecular flexibility index (Phi) is 6.61. The minimum atomic E-state index is -2.02. The summed E-state index contributed by atoms with van der Waals surface area (Å²) >= 11 is 1.94. The van der Waals surface area contributed by atoms with Crippen molar-refractivity contribution in [3.05, 3.63) is 30.6 Å². The van der Waals surface area contributed by atoms with Crippen LogP contribution in [0.5, 0.6) is 0 Å². The highest BCUT2D eigenvalue weighted by molar-refractivity contribution is 14.1. The number of aromatic amines is 1. The van der Waals surface area contributed by atoms with Crippen LogP contribution in [0.1, 0.15) is 67.0 Å². The average molecular weight is 630 g/mol. The van der Waals surface area contributed by atoms with Gasteiger partial charge < -0.3 is 18.5 Å². The lowest BCUT2D eigenvalue weighted by molar-refractivity contribution is -0.199. The van der Waals surface area contributed by atoms with Crippen molar-refractivity contribution in [2.75, 3.05) is 6.61 Å². The highest BCUT2D eigenvalue weighted by atomic mass is 127. The largest absolute Gasteiger partial charge is 0.463 e. The van der Waals surface area contributed by atoms with Gasteiger partial charge in [0.25, 0.3) is 5.56 Å². The number of nitrogens with one attached hydrogen (secondary N) is 1. The number of rotatable bonds is 5. The molecule has 3 aliphatic carbocycles. The molecule has 200 valence electrons. The summed E-state index contributed by atoms with van der Waals surface area (Å²) in [7, 11) is -2.43. The molecule has 3 saturated carbocycles. The fourth-order valence-corrected chi connectivity index (χ4v) is 8.08. The average Bonchev–Trinajstić information content (AvgIpc) is 3.34. The van der Waals surface area contributed by atoms with E-state index in [2.05, 4.69) is 59.6 Å². The van der Waals surface area contributed by atoms with Crippen molar-refractivity contribution in [3.63, 3.8) is 0 Å². The first-order chi connectivity index (χ1) is 16.5. The number of halogens is 1. The van der Waals surface area contributed by atoms with E-state index >= 15 is 0 Å². The van der Waals surface area contributed by atoms with Gasteiger partial charge in [0.1, 0.15) is 6.23 Å². The molecule has 3 heterocycles. The second-order valence-electron chi connectivity index (χ2n) is 13.6. The molecule has 6 rings (SSSR count). The topological polar surface area (TPSA) is 91.8 Å². The van der Waals surface area contributed by atoms with Crippen molar-refractivity contribution in [2.24, 2.45) is 17.3 Å². The Balaban J connectivity index is 1.41. The maximum absolute atomic E-state index is 12.7. The summed E-state index contributed by atoms with van der Waals surface area (Å²) < 4.78 is 28.5. The Morgan fingerprint density at radius 2 is 1.92 bits per heavy atom. The molecule has 1 aromatic rings. The van der Waals surface area contributed by atoms with E-state index in [-0.39, 0.29) is 39.6 Å². The monoisotopic (exact) mass is 630 g/mol. The van der Waals surface area contributed by atoms with Crippen molar-refractivity contribution in [1.29, 1.82) is 0 Å². The standard InChI is InChI=1S/C25H40BIN2O6Si/c1-23(2,3)36(7,8)32-13-17-15(11-20(33-17)29-12-16(27)21(30)28-22(29)31)26-34-19-10-14-9-18(24(14,4)5)25(19,6)35-26/h12,14-15,17-20H,9-11,13H2,1-8H3,(H,28,30,31)/t14-,15-,17+,18-,19+,20+,25-/m0/s1. The molecule has 2 saturated heterocycles. The van der Waals surface area contributed by atoms with E-state index in [4.69, 9.17) is 18.5 Å². The van der Waals surface area contributed by atoms with Gasteiger partial charge >= 0.3 is 12.8 Å². The van der Waals surface area contributed by atoms with Gasteiger partial charge in [-0.15, -0.1) is 0 Å². The zero-order valence-electron chi connectivity index (χ0n) is 22.7. The van der Waals surface area contributed by atoms with Gasteiger partial charge in [0.2, 0.25) is 0 Å². The van der Waals surface area contributed by atoms with Gasteiger partial charge in [-0.05, 0) is 84.2 Å². The highest BCUT2D eigenvalue weighted by Gasteiger charge is 2.69. The predicted molar refractivity (Wildman–Crippen MR) is 150 cm³/mol. The van der Waals surface area contributed by atoms with Gasteiger partial charge in [-0.3, -0.25) is 14.3 Å². The second-order valence-corrected chi connectivity index (χ2v) is 19.6. The normalized spacial score (nSPS) is 37.6. The zero-order chi connectivity index (χ0) is 26.4. The van der Waals surface area contributed by atoms with Crippen molar-refractivity contribution in [2.45, 2.75) is 109 Å². The van der Waals surface area contributed by atoms with Gasteiger partial charge in [-0.2, -0.15) is 0 Å². The van der Waals surface area contributed by atoms with E-state index in [0.29, 0.717) is 28.4 Å². The number of nitrogens with zero attached hydrogens (tertiary/aromatic N) is 1. The Morgan fingerprint density at radius 3 is 2.56 bits per heavy atom. The van der Waals surface area contributed by atoms with E-state index < -0.39 is 27.4 Å². The molecule has 0 unspecified atom stereocenters. The first kappa shape index (κ1) is 27.1. The van der Waals surface area contributed by atoms with Crippen LogP contribution in [-0.4, -0.2) is 49.4 Å². The molecule has 1 N–H and O–H groups in total. The Bertz CT molecular complexity index is 1150. The molecule has 2 aliphatic heterocycles. The van der Waals surface area contributed by atoms with Crippen LogP contribution in [0.25, 0.3) is 0 Å². The lowest BCUT2D eigenvalue weighted by Gasteiger charge is -2.64. The second kappa shape index (κ2) is 8.77. The predicted octanol–water partition coefficient (Wildman–Crippen LogP) is 4.55. The number of hydrogen-bond donors (Lipinski definition) is 1. The minimum absolute atomic E-state index is 0.0712. The molecule has 36 heavy (non-hydrogen) atoms. The van der Waals surface area contributed by atoms with Crippen LogP contribution < -0.4 is 11.2 Å². The highest BCUT2D eigenvalue weighted by Crippen LogP contribution is 2.66. The molecule has 5 aliphatic rings. The number of hydrogen-bond acceptors (Lipinski definition) is 6. The molecule has 7 atom stereocenters. The number of H-pyrrole nitrogens is 1. The van der Waals surface area contributed by atoms with Crippen LogP contribution >= 0.6 is 22.6 Å². The van der Waals surface area contributed by atoms with Crippen molar-refractivity contribution in [3.8, 4) is 0 Å². The van der Waals surface area contributed by atoms with Crippen LogP contribution in [0, 0.1) is 20.8 Å². The van der Waals surface area contributed by atoms with Crippen LogP contribution in [0.15, 0.2) is 15.8 Å². The van der Waals surface area contributed by atoms with E-state index in [1.54, 1.807) is 6.20 Å². The molecule has 8 nitrogen and oxygen atoms in total. The minimum Gasteiger partial charge on any atom is -0.414 e. The maximum Gasteiger partial charge on any atom is 0.463 e.